The zero-order valence-electron chi connectivity index (χ0n) is 15.6. The molecule has 0 spiro atoms. The Morgan fingerprint density at radius 1 is 1.04 bits per heavy atom. The van der Waals surface area contributed by atoms with E-state index in [1.165, 1.54) is 17.1 Å². The smallest absolute Gasteiger partial charge is 0.271 e. The third-order valence-electron chi connectivity index (χ3n) is 5.89. The van der Waals surface area contributed by atoms with Gasteiger partial charge in [-0.05, 0) is 49.6 Å². The summed E-state index contributed by atoms with van der Waals surface area (Å²) in [6, 6.07) is 14.2. The molecule has 0 bridgehead atoms. The normalized spacial score (nSPS) is 24.1. The molecule has 5 heteroatoms. The molecule has 0 saturated carbocycles. The number of amidine groups is 1. The number of fused-ring (bicyclic) bond motifs is 1. The predicted molar refractivity (Wildman–Crippen MR) is 104 cm³/mol. The first-order chi connectivity index (χ1) is 13.2. The Balaban J connectivity index is 1.60. The fourth-order valence-corrected chi connectivity index (χ4v) is 4.52. The van der Waals surface area contributed by atoms with E-state index in [0.717, 1.165) is 42.9 Å². The van der Waals surface area contributed by atoms with Crippen molar-refractivity contribution in [3.05, 3.63) is 53.6 Å². The van der Waals surface area contributed by atoms with Gasteiger partial charge in [0.25, 0.3) is 11.6 Å². The van der Waals surface area contributed by atoms with Crippen LogP contribution in [0, 0.1) is 6.92 Å². The monoisotopic (exact) mass is 365 g/mol. The molecular formula is C22H25N2O3+. The van der Waals surface area contributed by atoms with Crippen molar-refractivity contribution in [1.82, 2.24) is 0 Å². The molecule has 3 aliphatic rings. The van der Waals surface area contributed by atoms with Crippen LogP contribution in [-0.4, -0.2) is 41.8 Å². The van der Waals surface area contributed by atoms with E-state index in [1.54, 1.807) is 0 Å². The highest BCUT2D eigenvalue weighted by Crippen LogP contribution is 2.40. The van der Waals surface area contributed by atoms with Gasteiger partial charge in [-0.2, -0.15) is 0 Å². The number of ether oxygens (including phenoxy) is 2. The van der Waals surface area contributed by atoms with Crippen molar-refractivity contribution in [2.75, 3.05) is 31.2 Å². The molecule has 0 amide bonds. The van der Waals surface area contributed by atoms with Gasteiger partial charge >= 0.3 is 0 Å². The van der Waals surface area contributed by atoms with Gasteiger partial charge in [0.05, 0.1) is 6.54 Å². The molecular weight excluding hydrogens is 340 g/mol. The molecule has 0 radical (unpaired) electrons. The fraction of sp³-hybridized carbons (Fsp3) is 0.409. The summed E-state index contributed by atoms with van der Waals surface area (Å²) in [6.45, 7) is 4.63. The SMILES string of the molecule is Cc1ccccc1N1C[C@@](O)(c2ccc3c(c2)OCCO3)[N+]2=C1CCCC2. The highest BCUT2D eigenvalue weighted by atomic mass is 16.6. The number of aliphatic hydroxyl groups is 1. The number of benzene rings is 2. The van der Waals surface area contributed by atoms with Crippen LogP contribution < -0.4 is 14.4 Å². The number of nitrogens with zero attached hydrogens (tertiary/aromatic N) is 2. The first kappa shape index (κ1) is 16.6. The van der Waals surface area contributed by atoms with E-state index >= 15 is 0 Å². The van der Waals surface area contributed by atoms with Crippen LogP contribution in [0.2, 0.25) is 0 Å². The van der Waals surface area contributed by atoms with Gasteiger partial charge in [-0.3, -0.25) is 0 Å². The topological polar surface area (TPSA) is 44.9 Å². The Labute approximate surface area is 159 Å². The standard InChI is InChI=1S/C22H25N2O3/c1-16-6-2-3-7-18(16)23-15-22(25,24-11-5-4-8-21(23)24)17-9-10-19-20(14-17)27-13-12-26-19/h2-3,6-7,9-10,14,25H,4-5,8,11-13,15H2,1H3/q+1/t22-/m1/s1. The van der Waals surface area contributed by atoms with Crippen LogP contribution >= 0.6 is 0 Å². The van der Waals surface area contributed by atoms with Crippen LogP contribution in [0.1, 0.15) is 30.4 Å². The quantitative estimate of drug-likeness (QED) is 0.831. The molecule has 1 N–H and O–H groups in total. The number of hydrogen-bond donors (Lipinski definition) is 1. The van der Waals surface area contributed by atoms with Crippen LogP contribution in [0.3, 0.4) is 0 Å². The molecule has 3 aliphatic heterocycles. The average molecular weight is 365 g/mol. The van der Waals surface area contributed by atoms with Crippen LogP contribution in [0.15, 0.2) is 42.5 Å². The minimum Gasteiger partial charge on any atom is -0.486 e. The van der Waals surface area contributed by atoms with Gasteiger partial charge in [0.1, 0.15) is 18.9 Å². The predicted octanol–water partition coefficient (Wildman–Crippen LogP) is 3.03. The van der Waals surface area contributed by atoms with Gasteiger partial charge in [0, 0.05) is 12.0 Å². The lowest BCUT2D eigenvalue weighted by Gasteiger charge is -2.26. The van der Waals surface area contributed by atoms with Gasteiger partial charge in [0.2, 0.25) is 0 Å². The van der Waals surface area contributed by atoms with E-state index in [1.807, 2.05) is 18.2 Å². The molecule has 27 heavy (non-hydrogen) atoms. The number of para-hydroxylation sites is 1. The first-order valence-corrected chi connectivity index (χ1v) is 9.76. The minimum atomic E-state index is -1.06. The maximum absolute atomic E-state index is 11.8. The molecule has 5 nitrogen and oxygen atoms in total. The molecule has 140 valence electrons. The lowest BCUT2D eigenvalue weighted by Crippen LogP contribution is -2.41. The summed E-state index contributed by atoms with van der Waals surface area (Å²) in [5.74, 6) is 2.69. The molecule has 1 atom stereocenters. The van der Waals surface area contributed by atoms with Crippen molar-refractivity contribution in [3.63, 3.8) is 0 Å². The van der Waals surface area contributed by atoms with E-state index in [0.29, 0.717) is 19.8 Å². The zero-order valence-corrected chi connectivity index (χ0v) is 15.6. The molecule has 3 heterocycles. The summed E-state index contributed by atoms with van der Waals surface area (Å²) in [5.41, 5.74) is 2.20. The molecule has 5 rings (SSSR count). The molecule has 2 aromatic rings. The maximum atomic E-state index is 11.8. The second-order valence-corrected chi connectivity index (χ2v) is 7.57. The number of rotatable bonds is 2. The van der Waals surface area contributed by atoms with Gasteiger partial charge in [0.15, 0.2) is 18.0 Å². The van der Waals surface area contributed by atoms with Crippen molar-refractivity contribution in [3.8, 4) is 11.5 Å². The Hall–Kier alpha value is -2.53. The zero-order chi connectivity index (χ0) is 18.4. The Morgan fingerprint density at radius 3 is 2.70 bits per heavy atom. The van der Waals surface area contributed by atoms with Crippen molar-refractivity contribution in [2.45, 2.75) is 31.9 Å². The summed E-state index contributed by atoms with van der Waals surface area (Å²) >= 11 is 0. The van der Waals surface area contributed by atoms with Crippen molar-refractivity contribution >= 4 is 11.5 Å². The Bertz CT molecular complexity index is 924. The summed E-state index contributed by atoms with van der Waals surface area (Å²) < 4.78 is 13.6. The van der Waals surface area contributed by atoms with E-state index in [-0.39, 0.29) is 0 Å². The third-order valence-corrected chi connectivity index (χ3v) is 5.89. The summed E-state index contributed by atoms with van der Waals surface area (Å²) in [5, 5.41) is 11.8. The van der Waals surface area contributed by atoms with E-state index < -0.39 is 5.72 Å². The number of anilines is 1. The van der Waals surface area contributed by atoms with E-state index in [9.17, 15) is 5.11 Å². The molecule has 2 aromatic carbocycles. The highest BCUT2D eigenvalue weighted by Gasteiger charge is 2.53. The van der Waals surface area contributed by atoms with Gasteiger partial charge in [-0.15, -0.1) is 0 Å². The number of β-amino-alcohol motifs (C(OH)–C–C–N with tert-alkyl or cyclic N) is 1. The van der Waals surface area contributed by atoms with Gasteiger partial charge in [-0.25, -0.2) is 9.48 Å². The average Bonchev–Trinajstić information content (AvgIpc) is 3.02. The second kappa shape index (κ2) is 6.27. The van der Waals surface area contributed by atoms with Crippen molar-refractivity contribution in [2.24, 2.45) is 0 Å². The molecule has 0 aromatic heterocycles. The first-order valence-electron chi connectivity index (χ1n) is 9.76. The lowest BCUT2D eigenvalue weighted by atomic mass is 10.0. The van der Waals surface area contributed by atoms with Gasteiger partial charge < -0.3 is 14.6 Å². The number of aryl methyl sites for hydroxylation is 1. The second-order valence-electron chi connectivity index (χ2n) is 7.57. The third kappa shape index (κ3) is 2.60. The van der Waals surface area contributed by atoms with Gasteiger partial charge in [-0.1, -0.05) is 18.2 Å². The summed E-state index contributed by atoms with van der Waals surface area (Å²) in [4.78, 5) is 2.30. The van der Waals surface area contributed by atoms with Crippen molar-refractivity contribution in [1.29, 1.82) is 0 Å². The van der Waals surface area contributed by atoms with Crippen molar-refractivity contribution < 1.29 is 19.2 Å². The van der Waals surface area contributed by atoms with Crippen LogP contribution in [0.5, 0.6) is 11.5 Å². The van der Waals surface area contributed by atoms with E-state index in [2.05, 4.69) is 40.7 Å². The minimum absolute atomic E-state index is 0.521. The van der Waals surface area contributed by atoms with Crippen LogP contribution in [-0.2, 0) is 5.72 Å². The maximum Gasteiger partial charge on any atom is 0.271 e. The fourth-order valence-electron chi connectivity index (χ4n) is 4.52. The summed E-state index contributed by atoms with van der Waals surface area (Å²) in [7, 11) is 0. The molecule has 0 fully saturated rings. The van der Waals surface area contributed by atoms with E-state index in [4.69, 9.17) is 9.47 Å². The molecule has 0 unspecified atom stereocenters. The van der Waals surface area contributed by atoms with Crippen LogP contribution in [0.25, 0.3) is 0 Å². The Morgan fingerprint density at radius 2 is 1.85 bits per heavy atom. The number of hydrogen-bond acceptors (Lipinski definition) is 4. The molecule has 0 saturated heterocycles. The molecule has 0 aliphatic carbocycles. The largest absolute Gasteiger partial charge is 0.486 e. The van der Waals surface area contributed by atoms with Crippen LogP contribution in [0.4, 0.5) is 5.69 Å². The Kier molecular flexibility index (Phi) is 3.86. The lowest BCUT2D eigenvalue weighted by molar-refractivity contribution is -0.661. The summed E-state index contributed by atoms with van der Waals surface area (Å²) in [6.07, 6.45) is 3.24. The highest BCUT2D eigenvalue weighted by molar-refractivity contribution is 5.96.